The van der Waals surface area contributed by atoms with Crippen LogP contribution in [0.2, 0.25) is 0 Å². The van der Waals surface area contributed by atoms with Crippen LogP contribution in [0.25, 0.3) is 6.08 Å². The molecule has 2 saturated carbocycles. The van der Waals surface area contributed by atoms with Gasteiger partial charge in [0.2, 0.25) is 5.91 Å². The van der Waals surface area contributed by atoms with Crippen LogP contribution in [0.4, 0.5) is 0 Å². The van der Waals surface area contributed by atoms with Crippen LogP contribution in [0.5, 0.6) is 0 Å². The van der Waals surface area contributed by atoms with Gasteiger partial charge >= 0.3 is 0 Å². The Morgan fingerprint density at radius 1 is 1.23 bits per heavy atom. The molecule has 1 N–H and O–H groups in total. The van der Waals surface area contributed by atoms with Gasteiger partial charge in [0.05, 0.1) is 0 Å². The van der Waals surface area contributed by atoms with Crippen LogP contribution in [0.3, 0.4) is 0 Å². The molecule has 120 valence electrons. The van der Waals surface area contributed by atoms with Crippen LogP contribution in [-0.4, -0.2) is 16.5 Å². The molecule has 3 rings (SSSR count). The first-order chi connectivity index (χ1) is 10.6. The van der Waals surface area contributed by atoms with Gasteiger partial charge in [0.25, 0.3) is 0 Å². The molecular formula is C19H28N2O. The molecule has 0 bridgehead atoms. The molecule has 1 aromatic heterocycles. The van der Waals surface area contributed by atoms with Crippen molar-refractivity contribution in [3.8, 4) is 0 Å². The van der Waals surface area contributed by atoms with E-state index in [-0.39, 0.29) is 5.91 Å². The van der Waals surface area contributed by atoms with Crippen LogP contribution >= 0.6 is 0 Å². The highest BCUT2D eigenvalue weighted by Crippen LogP contribution is 2.38. The number of hydrogen-bond acceptors (Lipinski definition) is 1. The topological polar surface area (TPSA) is 34.0 Å². The number of carbonyl (C=O) groups is 1. The first-order valence-electron chi connectivity index (χ1n) is 8.73. The Bertz CT molecular complexity index is 581. The Morgan fingerprint density at radius 3 is 2.64 bits per heavy atom. The third kappa shape index (κ3) is 3.29. The lowest BCUT2D eigenvalue weighted by Crippen LogP contribution is -2.40. The zero-order valence-electron chi connectivity index (χ0n) is 14.1. The van der Waals surface area contributed by atoms with E-state index in [9.17, 15) is 4.79 Å². The molecule has 0 radical (unpaired) electrons. The number of amides is 1. The fraction of sp³-hybridized carbons (Fsp3) is 0.632. The zero-order valence-corrected chi connectivity index (χ0v) is 14.1. The molecular weight excluding hydrogens is 272 g/mol. The Balaban J connectivity index is 1.63. The summed E-state index contributed by atoms with van der Waals surface area (Å²) in [6, 6.07) is 3.24. The molecule has 22 heavy (non-hydrogen) atoms. The maximum absolute atomic E-state index is 12.2. The van der Waals surface area contributed by atoms with Crippen LogP contribution in [-0.2, 0) is 4.79 Å². The highest BCUT2D eigenvalue weighted by Gasteiger charge is 2.26. The van der Waals surface area contributed by atoms with Gasteiger partial charge in [-0.15, -0.1) is 0 Å². The van der Waals surface area contributed by atoms with Gasteiger partial charge in [-0.3, -0.25) is 4.79 Å². The van der Waals surface area contributed by atoms with Gasteiger partial charge in [-0.05, 0) is 63.2 Å². The lowest BCUT2D eigenvalue weighted by atomic mass is 9.86. The van der Waals surface area contributed by atoms with Gasteiger partial charge in [-0.2, -0.15) is 0 Å². The van der Waals surface area contributed by atoms with E-state index in [1.807, 2.05) is 6.08 Å². The minimum absolute atomic E-state index is 0.0509. The van der Waals surface area contributed by atoms with E-state index in [0.29, 0.717) is 18.0 Å². The van der Waals surface area contributed by atoms with Crippen LogP contribution < -0.4 is 5.32 Å². The summed E-state index contributed by atoms with van der Waals surface area (Å²) < 4.78 is 2.42. The van der Waals surface area contributed by atoms with Crippen LogP contribution in [0.1, 0.15) is 68.4 Å². The fourth-order valence-electron chi connectivity index (χ4n) is 3.79. The molecule has 1 amide bonds. The van der Waals surface area contributed by atoms with Gasteiger partial charge in [-0.1, -0.05) is 19.8 Å². The molecule has 1 heterocycles. The van der Waals surface area contributed by atoms with Crippen molar-refractivity contribution in [1.29, 1.82) is 0 Å². The van der Waals surface area contributed by atoms with E-state index < -0.39 is 0 Å². The SMILES string of the molecule is Cc1cc(/C=C/C(=O)N[C@@H]2CCCC[C@@H]2C)c(C)n1C1CC1. The summed E-state index contributed by atoms with van der Waals surface area (Å²) in [4.78, 5) is 12.2. The molecule has 2 aliphatic rings. The van der Waals surface area contributed by atoms with Gasteiger partial charge in [-0.25, -0.2) is 0 Å². The number of aryl methyl sites for hydroxylation is 1. The largest absolute Gasteiger partial charge is 0.350 e. The average Bonchev–Trinajstić information content (AvgIpc) is 3.26. The number of nitrogens with zero attached hydrogens (tertiary/aromatic N) is 1. The van der Waals surface area contributed by atoms with Crippen molar-refractivity contribution in [3.63, 3.8) is 0 Å². The quantitative estimate of drug-likeness (QED) is 0.833. The predicted molar refractivity (Wildman–Crippen MR) is 90.8 cm³/mol. The second-order valence-corrected chi connectivity index (χ2v) is 7.14. The lowest BCUT2D eigenvalue weighted by molar-refractivity contribution is -0.117. The smallest absolute Gasteiger partial charge is 0.244 e. The summed E-state index contributed by atoms with van der Waals surface area (Å²) in [5.74, 6) is 0.654. The molecule has 2 fully saturated rings. The molecule has 1 aromatic rings. The molecule has 0 unspecified atom stereocenters. The summed E-state index contributed by atoms with van der Waals surface area (Å²) in [7, 11) is 0. The molecule has 3 heteroatoms. The van der Waals surface area contributed by atoms with Gasteiger partial charge < -0.3 is 9.88 Å². The van der Waals surface area contributed by atoms with Gasteiger partial charge in [0.15, 0.2) is 0 Å². The lowest BCUT2D eigenvalue weighted by Gasteiger charge is -2.29. The van der Waals surface area contributed by atoms with E-state index in [1.54, 1.807) is 6.08 Å². The Kier molecular flexibility index (Phi) is 4.42. The normalized spacial score (nSPS) is 25.6. The Labute approximate surface area is 133 Å². The predicted octanol–water partition coefficient (Wildman–Crippen LogP) is 4.15. The number of carbonyl (C=O) groups excluding carboxylic acids is 1. The number of rotatable bonds is 4. The van der Waals surface area contributed by atoms with Crippen LogP contribution in [0, 0.1) is 19.8 Å². The third-order valence-corrected chi connectivity index (χ3v) is 5.29. The van der Waals surface area contributed by atoms with Crippen molar-refractivity contribution >= 4 is 12.0 Å². The molecule has 0 aliphatic heterocycles. The van der Waals surface area contributed by atoms with Gasteiger partial charge in [0.1, 0.15) is 0 Å². The maximum Gasteiger partial charge on any atom is 0.244 e. The standard InChI is InChI=1S/C19H28N2O/c1-13-6-4-5-7-18(13)20-19(22)11-8-16-12-14(2)21(15(16)3)17-9-10-17/h8,11-13,17-18H,4-7,9-10H2,1-3H3,(H,20,22)/b11-8+/t13-,18+/m0/s1. The summed E-state index contributed by atoms with van der Waals surface area (Å²) in [5, 5.41) is 3.18. The zero-order chi connectivity index (χ0) is 15.7. The van der Waals surface area contributed by atoms with E-state index in [2.05, 4.69) is 36.7 Å². The maximum atomic E-state index is 12.2. The summed E-state index contributed by atoms with van der Waals surface area (Å²) in [5.41, 5.74) is 3.77. The highest BCUT2D eigenvalue weighted by atomic mass is 16.1. The monoisotopic (exact) mass is 300 g/mol. The molecule has 3 nitrogen and oxygen atoms in total. The van der Waals surface area contributed by atoms with E-state index in [1.165, 1.54) is 49.1 Å². The molecule has 2 aliphatic carbocycles. The number of nitrogens with one attached hydrogen (secondary N) is 1. The number of aromatic nitrogens is 1. The average molecular weight is 300 g/mol. The minimum atomic E-state index is 0.0509. The van der Waals surface area contributed by atoms with Gasteiger partial charge in [0, 0.05) is 29.5 Å². The highest BCUT2D eigenvalue weighted by molar-refractivity contribution is 5.92. The Hall–Kier alpha value is -1.51. The van der Waals surface area contributed by atoms with E-state index in [0.717, 1.165) is 6.42 Å². The molecule has 0 aromatic carbocycles. The summed E-state index contributed by atoms with van der Waals surface area (Å²) >= 11 is 0. The second kappa shape index (κ2) is 6.31. The molecule has 0 spiro atoms. The second-order valence-electron chi connectivity index (χ2n) is 7.14. The van der Waals surface area contributed by atoms with Crippen molar-refractivity contribution in [2.45, 2.75) is 71.4 Å². The Morgan fingerprint density at radius 2 is 1.95 bits per heavy atom. The summed E-state index contributed by atoms with van der Waals surface area (Å²) in [6.45, 7) is 6.57. The van der Waals surface area contributed by atoms with Crippen molar-refractivity contribution in [2.24, 2.45) is 5.92 Å². The van der Waals surface area contributed by atoms with Crippen LogP contribution in [0.15, 0.2) is 12.1 Å². The van der Waals surface area contributed by atoms with E-state index >= 15 is 0 Å². The molecule has 2 atom stereocenters. The fourth-order valence-corrected chi connectivity index (χ4v) is 3.79. The van der Waals surface area contributed by atoms with E-state index in [4.69, 9.17) is 0 Å². The van der Waals surface area contributed by atoms with Crippen molar-refractivity contribution in [2.75, 3.05) is 0 Å². The number of hydrogen-bond donors (Lipinski definition) is 1. The van der Waals surface area contributed by atoms with Crippen molar-refractivity contribution in [1.82, 2.24) is 9.88 Å². The first-order valence-corrected chi connectivity index (χ1v) is 8.73. The van der Waals surface area contributed by atoms with Crippen molar-refractivity contribution < 1.29 is 4.79 Å². The first kappa shape index (κ1) is 15.4. The molecule has 0 saturated heterocycles. The third-order valence-electron chi connectivity index (χ3n) is 5.29. The minimum Gasteiger partial charge on any atom is -0.350 e. The summed E-state index contributed by atoms with van der Waals surface area (Å²) in [6.07, 6.45) is 11.2. The van der Waals surface area contributed by atoms with Crippen molar-refractivity contribution in [3.05, 3.63) is 29.1 Å².